The van der Waals surface area contributed by atoms with E-state index in [2.05, 4.69) is 0 Å². The summed E-state index contributed by atoms with van der Waals surface area (Å²) in [5.41, 5.74) is 0. The van der Waals surface area contributed by atoms with Gasteiger partial charge >= 0.3 is 114 Å². The van der Waals surface area contributed by atoms with Crippen LogP contribution >= 0.6 is 0 Å². The summed E-state index contributed by atoms with van der Waals surface area (Å²) in [4.78, 5) is 0. The molecule has 0 aromatic rings. The zero-order chi connectivity index (χ0) is 10.7. The molecule has 0 unspecified atom stereocenters. The molecule has 0 amide bonds. The van der Waals surface area contributed by atoms with Gasteiger partial charge in [0, 0.05) is 0 Å². The van der Waals surface area contributed by atoms with Crippen LogP contribution in [0.4, 0.5) is 0 Å². The zero-order valence-electron chi connectivity index (χ0n) is 5.93. The van der Waals surface area contributed by atoms with Gasteiger partial charge in [-0.25, -0.2) is 0 Å². The van der Waals surface area contributed by atoms with Crippen LogP contribution in [-0.2, 0) is 72.5 Å². The summed E-state index contributed by atoms with van der Waals surface area (Å²) in [5, 5.41) is 0. The van der Waals surface area contributed by atoms with E-state index in [0.29, 0.717) is 0 Å². The fraction of sp³-hybridized carbons (Fsp3) is 0. The van der Waals surface area contributed by atoms with Gasteiger partial charge in [0.15, 0.2) is 0 Å². The second-order valence-electron chi connectivity index (χ2n) is 0.758. The van der Waals surface area contributed by atoms with Gasteiger partial charge in [-0.2, -0.15) is 0 Å². The number of rotatable bonds is 0. The van der Waals surface area contributed by atoms with Crippen LogP contribution in [0.25, 0.3) is 0 Å². The zero-order valence-corrected chi connectivity index (χ0v) is 17.4. The van der Waals surface area contributed by atoms with E-state index in [-0.39, 0.29) is 27.3 Å². The summed E-state index contributed by atoms with van der Waals surface area (Å²) in [5.74, 6) is 0. The summed E-state index contributed by atoms with van der Waals surface area (Å²) in [6.45, 7) is 0. The second kappa shape index (κ2) is 19.5. The Morgan fingerprint density at radius 1 is 0.846 bits per heavy atom. The maximum atomic E-state index is 8.81. The number of hydrogen-bond acceptors (Lipinski definition) is 5. The first kappa shape index (κ1) is 24.3. The van der Waals surface area contributed by atoms with Crippen molar-refractivity contribution < 1.29 is 87.1 Å². The van der Waals surface area contributed by atoms with Gasteiger partial charge in [-0.1, -0.05) is 0 Å². The van der Waals surface area contributed by atoms with Crippen LogP contribution in [0.3, 0.4) is 0 Å². The molecule has 0 bridgehead atoms. The van der Waals surface area contributed by atoms with Crippen LogP contribution in [0.5, 0.6) is 0 Å². The molecule has 9 nitrogen and oxygen atoms in total. The maximum absolute atomic E-state index is 8.81. The van der Waals surface area contributed by atoms with Crippen molar-refractivity contribution in [3.8, 4) is 0 Å². The Balaban J connectivity index is -0.0000000450. The third kappa shape index (κ3) is 521. The normalized spacial score (nSPS) is 5.85. The summed E-state index contributed by atoms with van der Waals surface area (Å²) in [6.07, 6.45) is 0. The predicted molar refractivity (Wildman–Crippen MR) is 20.9 cm³/mol. The Morgan fingerprint density at radius 3 is 0.846 bits per heavy atom. The molecule has 0 heterocycles. The standard InChI is InChI=1S/2Nb.4H2O.5O.Pb.Ti.2H/h;;4*1H2;;;;;;;;;/q2*+1;;;;;;;;;;;+2;;/p-4. The minimum absolute atomic E-state index is 0. The van der Waals surface area contributed by atoms with Crippen molar-refractivity contribution in [3.63, 3.8) is 0 Å². The fourth-order valence-corrected chi connectivity index (χ4v) is 0. The SMILES string of the molecule is [O]=[Nb](=[O])[OH].[O]=[Nb](=[O])[OH].[O]=[Ti]([OH])[OH].[PbH2]. The van der Waals surface area contributed by atoms with Crippen molar-refractivity contribution in [1.82, 2.24) is 0 Å². The molecular weight excluding hydrogens is 585 g/mol. The molecule has 13 heteroatoms. The molecule has 0 atom stereocenters. The molecule has 13 heavy (non-hydrogen) atoms. The topological polar surface area (TPSA) is 166 Å². The van der Waals surface area contributed by atoms with Crippen molar-refractivity contribution in [1.29, 1.82) is 0 Å². The Morgan fingerprint density at radius 2 is 0.846 bits per heavy atom. The van der Waals surface area contributed by atoms with Crippen molar-refractivity contribution >= 4 is 27.3 Å². The van der Waals surface area contributed by atoms with Crippen molar-refractivity contribution in [2.45, 2.75) is 0 Å². The van der Waals surface area contributed by atoms with E-state index in [0.717, 1.165) is 0 Å². The van der Waals surface area contributed by atoms with Crippen LogP contribution in [0, 0.1) is 0 Å². The van der Waals surface area contributed by atoms with Gasteiger partial charge in [-0.3, -0.25) is 0 Å². The van der Waals surface area contributed by atoms with Crippen LogP contribution in [-0.4, -0.2) is 41.9 Å². The van der Waals surface area contributed by atoms with Gasteiger partial charge < -0.3 is 0 Å². The monoisotopic (exact) mass is 592 g/mol. The van der Waals surface area contributed by atoms with Gasteiger partial charge in [0.05, 0.1) is 0 Å². The first-order chi connectivity index (χ1) is 5.20. The van der Waals surface area contributed by atoms with Gasteiger partial charge in [-0.15, -0.1) is 0 Å². The Hall–Kier alpha value is 1.96. The van der Waals surface area contributed by atoms with Gasteiger partial charge in [0.25, 0.3) is 0 Å². The van der Waals surface area contributed by atoms with Crippen molar-refractivity contribution in [2.24, 2.45) is 0 Å². The van der Waals surface area contributed by atoms with E-state index < -0.39 is 56.2 Å². The third-order valence-corrected chi connectivity index (χ3v) is 0. The third-order valence-electron chi connectivity index (χ3n) is 0. The molecule has 0 aromatic carbocycles. The first-order valence-electron chi connectivity index (χ1n) is 1.78. The molecule has 2 radical (unpaired) electrons. The second-order valence-corrected chi connectivity index (χ2v) is 3.98. The molecule has 4 N–H and O–H groups in total. The molecule has 0 aromatic heterocycles. The predicted octanol–water partition coefficient (Wildman–Crippen LogP) is -3.75. The minimum atomic E-state index is -3.95. The fourth-order valence-electron chi connectivity index (χ4n) is 0. The van der Waals surface area contributed by atoms with Gasteiger partial charge in [0.2, 0.25) is 0 Å². The number of hydrogen-bond donors (Lipinski definition) is 4. The summed E-state index contributed by atoms with van der Waals surface area (Å²) >= 11 is -11.5. The van der Waals surface area contributed by atoms with E-state index in [1.54, 1.807) is 0 Å². The molecule has 0 saturated heterocycles. The Bertz CT molecular complexity index is 198. The van der Waals surface area contributed by atoms with Crippen molar-refractivity contribution in [3.05, 3.63) is 0 Å². The summed E-state index contributed by atoms with van der Waals surface area (Å²) in [6, 6.07) is 0. The molecule has 0 aliphatic rings. The first-order valence-corrected chi connectivity index (χ1v) is 9.37. The van der Waals surface area contributed by atoms with Crippen molar-refractivity contribution in [2.75, 3.05) is 0 Å². The van der Waals surface area contributed by atoms with E-state index in [9.17, 15) is 0 Å². The molecule has 0 rings (SSSR count). The Labute approximate surface area is 113 Å². The molecule has 0 fully saturated rings. The molecule has 0 saturated carbocycles. The van der Waals surface area contributed by atoms with E-state index >= 15 is 0 Å². The van der Waals surface area contributed by atoms with Crippen LogP contribution in [0.15, 0.2) is 0 Å². The molecule has 78 valence electrons. The van der Waals surface area contributed by atoms with Crippen LogP contribution in [0.1, 0.15) is 0 Å². The molecular formula is H6Nb2O9PbTi. The quantitative estimate of drug-likeness (QED) is 0.207. The summed E-state index contributed by atoms with van der Waals surface area (Å²) < 4.78 is 72.4. The molecule has 0 aliphatic heterocycles. The summed E-state index contributed by atoms with van der Waals surface area (Å²) in [7, 11) is 0. The average Bonchev–Trinajstić information content (AvgIpc) is 1.54. The van der Waals surface area contributed by atoms with E-state index in [1.807, 2.05) is 0 Å². The van der Waals surface area contributed by atoms with E-state index in [4.69, 9.17) is 30.9 Å². The Kier molecular flexibility index (Phi) is 36.4. The molecule has 0 spiro atoms. The van der Waals surface area contributed by atoms with Crippen LogP contribution in [0.2, 0.25) is 0 Å². The van der Waals surface area contributed by atoms with E-state index in [1.165, 1.54) is 0 Å². The molecule has 0 aliphatic carbocycles. The van der Waals surface area contributed by atoms with Gasteiger partial charge in [-0.05, 0) is 0 Å². The average molecular weight is 591 g/mol. The van der Waals surface area contributed by atoms with Gasteiger partial charge in [0.1, 0.15) is 0 Å². The van der Waals surface area contributed by atoms with Crippen LogP contribution < -0.4 is 0 Å².